The van der Waals surface area contributed by atoms with Crippen LogP contribution in [0.2, 0.25) is 0 Å². The lowest BCUT2D eigenvalue weighted by Crippen LogP contribution is -1.87. The molecule has 0 aliphatic carbocycles. The third-order valence-electron chi connectivity index (χ3n) is 3.95. The van der Waals surface area contributed by atoms with Crippen LogP contribution in [-0.4, -0.2) is 10.2 Å². The number of hydrogen-bond acceptors (Lipinski definition) is 4. The Balaban J connectivity index is 1.45. The third kappa shape index (κ3) is 3.94. The normalized spacial score (nSPS) is 11.1. The number of rotatable bonds is 5. The van der Waals surface area contributed by atoms with Crippen LogP contribution >= 0.6 is 27.7 Å². The van der Waals surface area contributed by atoms with Crippen LogP contribution in [0.3, 0.4) is 0 Å². The van der Waals surface area contributed by atoms with E-state index in [1.54, 1.807) is 11.8 Å². The molecular formula is C20H15BrN2OS. The van der Waals surface area contributed by atoms with E-state index in [-0.39, 0.29) is 0 Å². The van der Waals surface area contributed by atoms with Crippen LogP contribution in [0.5, 0.6) is 0 Å². The average Bonchev–Trinajstić information content (AvgIpc) is 3.09. The van der Waals surface area contributed by atoms with Gasteiger partial charge in [-0.1, -0.05) is 82.3 Å². The first-order valence-electron chi connectivity index (χ1n) is 7.94. The second-order valence-electron chi connectivity index (χ2n) is 5.69. The van der Waals surface area contributed by atoms with E-state index in [1.165, 1.54) is 16.3 Å². The van der Waals surface area contributed by atoms with Gasteiger partial charge in [0.25, 0.3) is 5.22 Å². The minimum atomic E-state index is 0.611. The van der Waals surface area contributed by atoms with Gasteiger partial charge in [0.2, 0.25) is 5.89 Å². The van der Waals surface area contributed by atoms with Crippen molar-refractivity contribution in [3.63, 3.8) is 0 Å². The molecule has 0 saturated carbocycles. The summed E-state index contributed by atoms with van der Waals surface area (Å²) in [6.45, 7) is 0. The van der Waals surface area contributed by atoms with E-state index in [4.69, 9.17) is 4.42 Å². The first-order valence-corrected chi connectivity index (χ1v) is 9.72. The number of nitrogens with zero attached hydrogens (tertiary/aromatic N) is 2. The highest BCUT2D eigenvalue weighted by atomic mass is 79.9. The molecule has 0 spiro atoms. The third-order valence-corrected chi connectivity index (χ3v) is 5.34. The highest BCUT2D eigenvalue weighted by Crippen LogP contribution is 2.27. The summed E-state index contributed by atoms with van der Waals surface area (Å²) in [5.74, 6) is 1.45. The molecule has 3 nitrogen and oxygen atoms in total. The molecule has 3 aromatic carbocycles. The fourth-order valence-corrected chi connectivity index (χ4v) is 3.75. The van der Waals surface area contributed by atoms with Crippen LogP contribution in [0.4, 0.5) is 0 Å². The number of aromatic nitrogens is 2. The summed E-state index contributed by atoms with van der Waals surface area (Å²) < 4.78 is 6.84. The monoisotopic (exact) mass is 410 g/mol. The zero-order valence-corrected chi connectivity index (χ0v) is 15.8. The molecule has 0 amide bonds. The standard InChI is InChI=1S/C20H15BrN2OS/c21-17-10-8-14(9-11-17)12-19-22-23-20(24-19)25-13-16-6-3-5-15-4-1-2-7-18(15)16/h1-11H,12-13H2. The van der Waals surface area contributed by atoms with Gasteiger partial charge >= 0.3 is 0 Å². The highest BCUT2D eigenvalue weighted by molar-refractivity contribution is 9.10. The van der Waals surface area contributed by atoms with Crippen LogP contribution < -0.4 is 0 Å². The molecule has 0 unspecified atom stereocenters. The molecule has 0 bridgehead atoms. The second-order valence-corrected chi connectivity index (χ2v) is 7.53. The summed E-state index contributed by atoms with van der Waals surface area (Å²) in [5.41, 5.74) is 2.42. The minimum absolute atomic E-state index is 0.611. The fourth-order valence-electron chi connectivity index (χ4n) is 2.70. The Morgan fingerprint density at radius 2 is 1.68 bits per heavy atom. The SMILES string of the molecule is Brc1ccc(Cc2nnc(SCc3cccc4ccccc34)o2)cc1. The molecule has 0 radical (unpaired) electrons. The molecule has 0 aliphatic heterocycles. The van der Waals surface area contributed by atoms with Gasteiger partial charge in [-0.05, 0) is 34.0 Å². The molecule has 124 valence electrons. The summed E-state index contributed by atoms with van der Waals surface area (Å²) in [7, 11) is 0. The molecule has 25 heavy (non-hydrogen) atoms. The maximum absolute atomic E-state index is 5.78. The van der Waals surface area contributed by atoms with Gasteiger partial charge in [-0.3, -0.25) is 0 Å². The van der Waals surface area contributed by atoms with E-state index in [0.717, 1.165) is 15.8 Å². The van der Waals surface area contributed by atoms with Crippen molar-refractivity contribution >= 4 is 38.5 Å². The van der Waals surface area contributed by atoms with Crippen molar-refractivity contribution in [3.05, 3.63) is 88.2 Å². The predicted octanol–water partition coefficient (Wildman–Crippen LogP) is 5.87. The zero-order chi connectivity index (χ0) is 17.1. The lowest BCUT2D eigenvalue weighted by molar-refractivity contribution is 0.420. The van der Waals surface area contributed by atoms with E-state index in [2.05, 4.69) is 80.7 Å². The number of thioether (sulfide) groups is 1. The molecule has 0 fully saturated rings. The van der Waals surface area contributed by atoms with E-state index >= 15 is 0 Å². The maximum Gasteiger partial charge on any atom is 0.276 e. The Kier molecular flexibility index (Phi) is 4.85. The van der Waals surface area contributed by atoms with Crippen molar-refractivity contribution in [2.75, 3.05) is 0 Å². The van der Waals surface area contributed by atoms with Gasteiger partial charge in [-0.25, -0.2) is 0 Å². The summed E-state index contributed by atoms with van der Waals surface area (Å²) >= 11 is 5.01. The Labute approximate surface area is 158 Å². The molecule has 1 aromatic heterocycles. The van der Waals surface area contributed by atoms with Gasteiger partial charge in [-0.2, -0.15) is 0 Å². The highest BCUT2D eigenvalue weighted by Gasteiger charge is 2.09. The van der Waals surface area contributed by atoms with Gasteiger partial charge in [-0.15, -0.1) is 10.2 Å². The van der Waals surface area contributed by atoms with Crippen molar-refractivity contribution in [2.45, 2.75) is 17.4 Å². The molecule has 1 heterocycles. The molecule has 5 heteroatoms. The van der Waals surface area contributed by atoms with Gasteiger partial charge in [0.15, 0.2) is 0 Å². The maximum atomic E-state index is 5.78. The van der Waals surface area contributed by atoms with Crippen molar-refractivity contribution in [2.24, 2.45) is 0 Å². The molecule has 4 aromatic rings. The quantitative estimate of drug-likeness (QED) is 0.385. The van der Waals surface area contributed by atoms with Crippen molar-refractivity contribution in [3.8, 4) is 0 Å². The smallest absolute Gasteiger partial charge is 0.276 e. The largest absolute Gasteiger partial charge is 0.416 e. The first-order chi connectivity index (χ1) is 12.3. The van der Waals surface area contributed by atoms with E-state index in [0.29, 0.717) is 17.5 Å². The summed E-state index contributed by atoms with van der Waals surface area (Å²) in [6.07, 6.45) is 0.648. The minimum Gasteiger partial charge on any atom is -0.416 e. The van der Waals surface area contributed by atoms with E-state index < -0.39 is 0 Å². The topological polar surface area (TPSA) is 38.9 Å². The van der Waals surface area contributed by atoms with E-state index in [9.17, 15) is 0 Å². The van der Waals surface area contributed by atoms with Crippen LogP contribution in [0.1, 0.15) is 17.0 Å². The molecule has 0 saturated heterocycles. The first kappa shape index (κ1) is 16.4. The average molecular weight is 411 g/mol. The number of hydrogen-bond donors (Lipinski definition) is 0. The van der Waals surface area contributed by atoms with E-state index in [1.807, 2.05) is 12.1 Å². The van der Waals surface area contributed by atoms with Crippen LogP contribution in [-0.2, 0) is 12.2 Å². The van der Waals surface area contributed by atoms with Crippen molar-refractivity contribution < 1.29 is 4.42 Å². The Bertz CT molecular complexity index is 993. The van der Waals surface area contributed by atoms with Crippen LogP contribution in [0, 0.1) is 0 Å². The van der Waals surface area contributed by atoms with Crippen molar-refractivity contribution in [1.29, 1.82) is 0 Å². The van der Waals surface area contributed by atoms with Gasteiger partial charge < -0.3 is 4.42 Å². The Morgan fingerprint density at radius 3 is 2.56 bits per heavy atom. The summed E-state index contributed by atoms with van der Waals surface area (Å²) in [6, 6.07) is 22.9. The number of benzene rings is 3. The summed E-state index contributed by atoms with van der Waals surface area (Å²) in [4.78, 5) is 0. The number of fused-ring (bicyclic) bond motifs is 1. The predicted molar refractivity (Wildman–Crippen MR) is 105 cm³/mol. The summed E-state index contributed by atoms with van der Waals surface area (Å²) in [5, 5.41) is 11.5. The molecule has 0 aliphatic rings. The lowest BCUT2D eigenvalue weighted by Gasteiger charge is -2.04. The molecular weight excluding hydrogens is 396 g/mol. The van der Waals surface area contributed by atoms with Gasteiger partial charge in [0.05, 0.1) is 6.42 Å². The van der Waals surface area contributed by atoms with Gasteiger partial charge in [0, 0.05) is 10.2 Å². The number of halogens is 1. The Hall–Kier alpha value is -2.11. The molecule has 0 atom stereocenters. The molecule has 4 rings (SSSR count). The molecule has 0 N–H and O–H groups in total. The second kappa shape index (κ2) is 7.42. The van der Waals surface area contributed by atoms with Crippen LogP contribution in [0.25, 0.3) is 10.8 Å². The fraction of sp³-hybridized carbons (Fsp3) is 0.100. The van der Waals surface area contributed by atoms with Gasteiger partial charge in [0.1, 0.15) is 0 Å². The zero-order valence-electron chi connectivity index (χ0n) is 13.4. The lowest BCUT2D eigenvalue weighted by atomic mass is 10.1. The van der Waals surface area contributed by atoms with Crippen LogP contribution in [0.15, 0.2) is 80.8 Å². The van der Waals surface area contributed by atoms with Crippen molar-refractivity contribution in [1.82, 2.24) is 10.2 Å². The Morgan fingerprint density at radius 1 is 0.880 bits per heavy atom.